The number of rotatable bonds is 3. The molecule has 0 radical (unpaired) electrons. The molecule has 3 heteroatoms. The highest BCUT2D eigenvalue weighted by Crippen LogP contribution is 2.27. The van der Waals surface area contributed by atoms with E-state index in [1.807, 2.05) is 0 Å². The van der Waals surface area contributed by atoms with Crippen LogP contribution in [0.25, 0.3) is 0 Å². The number of likely N-dealkylation sites (tertiary alicyclic amines) is 1. The van der Waals surface area contributed by atoms with Gasteiger partial charge in [-0.3, -0.25) is 4.79 Å². The van der Waals surface area contributed by atoms with Crippen LogP contribution in [-0.2, 0) is 4.79 Å². The number of hydrogen-bond acceptors (Lipinski definition) is 2. The van der Waals surface area contributed by atoms with Crippen LogP contribution in [0, 0.1) is 11.8 Å². The minimum Gasteiger partial charge on any atom is -0.481 e. The second kappa shape index (κ2) is 4.30. The van der Waals surface area contributed by atoms with Crippen molar-refractivity contribution in [1.29, 1.82) is 0 Å². The number of aliphatic carboxylic acids is 1. The Labute approximate surface area is 85.1 Å². The third-order valence-electron chi connectivity index (χ3n) is 3.61. The zero-order valence-electron chi connectivity index (χ0n) is 8.61. The molecule has 2 fully saturated rings. The van der Waals surface area contributed by atoms with Gasteiger partial charge in [-0.25, -0.2) is 0 Å². The van der Waals surface area contributed by atoms with Gasteiger partial charge in [-0.1, -0.05) is 12.8 Å². The first kappa shape index (κ1) is 9.97. The third-order valence-corrected chi connectivity index (χ3v) is 3.61. The molecule has 1 atom stereocenters. The quantitative estimate of drug-likeness (QED) is 0.746. The summed E-state index contributed by atoms with van der Waals surface area (Å²) in [7, 11) is 0. The standard InChI is InChI=1S/C11H19NO2/c13-11(14)10-5-6-12(8-10)7-9-3-1-2-4-9/h9-10H,1-8H2,(H,13,14). The highest BCUT2D eigenvalue weighted by molar-refractivity contribution is 5.70. The SMILES string of the molecule is O=C(O)C1CCN(CC2CCCC2)C1. The van der Waals surface area contributed by atoms with Crippen molar-refractivity contribution in [2.75, 3.05) is 19.6 Å². The number of hydrogen-bond donors (Lipinski definition) is 1. The largest absolute Gasteiger partial charge is 0.481 e. The number of nitrogens with zero attached hydrogens (tertiary/aromatic N) is 1. The molecular formula is C11H19NO2. The van der Waals surface area contributed by atoms with Crippen molar-refractivity contribution in [2.24, 2.45) is 11.8 Å². The van der Waals surface area contributed by atoms with Gasteiger partial charge in [-0.05, 0) is 31.7 Å². The van der Waals surface area contributed by atoms with Crippen LogP contribution >= 0.6 is 0 Å². The predicted molar refractivity (Wildman–Crippen MR) is 54.1 cm³/mol. The first-order valence-electron chi connectivity index (χ1n) is 5.71. The summed E-state index contributed by atoms with van der Waals surface area (Å²) in [6, 6.07) is 0. The summed E-state index contributed by atoms with van der Waals surface area (Å²) in [6.45, 7) is 2.92. The molecule has 0 aromatic rings. The van der Waals surface area contributed by atoms with E-state index >= 15 is 0 Å². The average molecular weight is 197 g/mol. The Morgan fingerprint density at radius 3 is 2.57 bits per heavy atom. The number of carbonyl (C=O) groups is 1. The molecular weight excluding hydrogens is 178 g/mol. The van der Waals surface area contributed by atoms with Gasteiger partial charge in [0.1, 0.15) is 0 Å². The van der Waals surface area contributed by atoms with E-state index in [1.54, 1.807) is 0 Å². The van der Waals surface area contributed by atoms with E-state index in [9.17, 15) is 4.79 Å². The van der Waals surface area contributed by atoms with Gasteiger partial charge in [-0.15, -0.1) is 0 Å². The summed E-state index contributed by atoms with van der Waals surface area (Å²) in [6.07, 6.45) is 6.31. The summed E-state index contributed by atoms with van der Waals surface area (Å²) < 4.78 is 0. The van der Waals surface area contributed by atoms with Crippen LogP contribution in [0.5, 0.6) is 0 Å². The first-order chi connectivity index (χ1) is 6.75. The zero-order valence-corrected chi connectivity index (χ0v) is 8.61. The molecule has 2 rings (SSSR count). The minimum atomic E-state index is -0.612. The maximum absolute atomic E-state index is 10.8. The zero-order chi connectivity index (χ0) is 9.97. The molecule has 1 unspecified atom stereocenters. The molecule has 0 bridgehead atoms. The topological polar surface area (TPSA) is 40.5 Å². The molecule has 2 aliphatic rings. The summed E-state index contributed by atoms with van der Waals surface area (Å²) in [5, 5.41) is 8.87. The summed E-state index contributed by atoms with van der Waals surface area (Å²) in [5.74, 6) is 0.137. The van der Waals surface area contributed by atoms with Gasteiger partial charge in [-0.2, -0.15) is 0 Å². The molecule has 14 heavy (non-hydrogen) atoms. The molecule has 1 saturated heterocycles. The minimum absolute atomic E-state index is 0.101. The molecule has 80 valence electrons. The van der Waals surface area contributed by atoms with Crippen molar-refractivity contribution < 1.29 is 9.90 Å². The monoisotopic (exact) mass is 197 g/mol. The second-order valence-corrected chi connectivity index (χ2v) is 4.73. The molecule has 1 saturated carbocycles. The Hall–Kier alpha value is -0.570. The summed E-state index contributed by atoms with van der Waals surface area (Å²) in [4.78, 5) is 13.1. The molecule has 0 amide bonds. The fraction of sp³-hybridized carbons (Fsp3) is 0.909. The maximum Gasteiger partial charge on any atom is 0.307 e. The molecule has 1 aliphatic heterocycles. The van der Waals surface area contributed by atoms with Crippen molar-refractivity contribution in [1.82, 2.24) is 4.90 Å². The van der Waals surface area contributed by atoms with E-state index in [0.29, 0.717) is 0 Å². The number of carboxylic acids is 1. The van der Waals surface area contributed by atoms with Crippen molar-refractivity contribution in [2.45, 2.75) is 32.1 Å². The predicted octanol–water partition coefficient (Wildman–Crippen LogP) is 1.58. The molecule has 1 heterocycles. The van der Waals surface area contributed by atoms with Crippen molar-refractivity contribution >= 4 is 5.97 Å². The van der Waals surface area contributed by atoms with Gasteiger partial charge in [0.05, 0.1) is 5.92 Å². The molecule has 0 spiro atoms. The normalized spacial score (nSPS) is 29.9. The molecule has 1 N–H and O–H groups in total. The third kappa shape index (κ3) is 2.27. The van der Waals surface area contributed by atoms with E-state index in [2.05, 4.69) is 4.90 Å². The van der Waals surface area contributed by atoms with Crippen molar-refractivity contribution in [3.05, 3.63) is 0 Å². The van der Waals surface area contributed by atoms with E-state index in [4.69, 9.17) is 5.11 Å². The average Bonchev–Trinajstić information content (AvgIpc) is 2.75. The van der Waals surface area contributed by atoms with Crippen LogP contribution in [0.2, 0.25) is 0 Å². The van der Waals surface area contributed by atoms with Gasteiger partial charge < -0.3 is 10.0 Å². The fourth-order valence-electron chi connectivity index (χ4n) is 2.76. The molecule has 0 aromatic heterocycles. The van der Waals surface area contributed by atoms with Crippen LogP contribution in [0.1, 0.15) is 32.1 Å². The van der Waals surface area contributed by atoms with E-state index < -0.39 is 5.97 Å². The number of carboxylic acid groups (broad SMARTS) is 1. The van der Waals surface area contributed by atoms with Crippen LogP contribution in [0.15, 0.2) is 0 Å². The maximum atomic E-state index is 10.8. The lowest BCUT2D eigenvalue weighted by Gasteiger charge is -2.19. The van der Waals surface area contributed by atoms with Gasteiger partial charge in [0.2, 0.25) is 0 Å². The molecule has 0 aromatic carbocycles. The van der Waals surface area contributed by atoms with Gasteiger partial charge in [0.25, 0.3) is 0 Å². The second-order valence-electron chi connectivity index (χ2n) is 4.73. The Morgan fingerprint density at radius 1 is 1.29 bits per heavy atom. The Balaban J connectivity index is 1.75. The fourth-order valence-corrected chi connectivity index (χ4v) is 2.76. The lowest BCUT2D eigenvalue weighted by Crippen LogP contribution is -2.27. The summed E-state index contributed by atoms with van der Waals surface area (Å²) >= 11 is 0. The highest BCUT2D eigenvalue weighted by Gasteiger charge is 2.29. The van der Waals surface area contributed by atoms with E-state index in [-0.39, 0.29) is 5.92 Å². The Kier molecular flexibility index (Phi) is 3.06. The van der Waals surface area contributed by atoms with Crippen LogP contribution < -0.4 is 0 Å². The van der Waals surface area contributed by atoms with Gasteiger partial charge >= 0.3 is 5.97 Å². The van der Waals surface area contributed by atoms with E-state index in [1.165, 1.54) is 25.7 Å². The van der Waals surface area contributed by atoms with Crippen molar-refractivity contribution in [3.63, 3.8) is 0 Å². The van der Waals surface area contributed by atoms with Gasteiger partial charge in [0.15, 0.2) is 0 Å². The van der Waals surface area contributed by atoms with Gasteiger partial charge in [0, 0.05) is 13.1 Å². The first-order valence-corrected chi connectivity index (χ1v) is 5.71. The molecule has 1 aliphatic carbocycles. The van der Waals surface area contributed by atoms with Crippen LogP contribution in [0.4, 0.5) is 0 Å². The Morgan fingerprint density at radius 2 is 2.00 bits per heavy atom. The molecule has 3 nitrogen and oxygen atoms in total. The van der Waals surface area contributed by atoms with Crippen LogP contribution in [-0.4, -0.2) is 35.6 Å². The van der Waals surface area contributed by atoms with E-state index in [0.717, 1.165) is 32.0 Å². The lowest BCUT2D eigenvalue weighted by atomic mass is 10.1. The van der Waals surface area contributed by atoms with Crippen LogP contribution in [0.3, 0.4) is 0 Å². The van der Waals surface area contributed by atoms with Crippen molar-refractivity contribution in [3.8, 4) is 0 Å². The highest BCUT2D eigenvalue weighted by atomic mass is 16.4. The summed E-state index contributed by atoms with van der Waals surface area (Å²) in [5.41, 5.74) is 0. The Bertz CT molecular complexity index is 211. The lowest BCUT2D eigenvalue weighted by molar-refractivity contribution is -0.141. The smallest absolute Gasteiger partial charge is 0.307 e.